The van der Waals surface area contributed by atoms with Gasteiger partial charge in [0, 0.05) is 10.4 Å². The van der Waals surface area contributed by atoms with Gasteiger partial charge in [0.05, 0.1) is 12.3 Å². The number of nitrogen functional groups attached to an aromatic ring is 1. The zero-order valence-electron chi connectivity index (χ0n) is 12.8. The molecule has 0 atom stereocenters. The number of benzene rings is 1. The van der Waals surface area contributed by atoms with Crippen LogP contribution in [0, 0.1) is 0 Å². The highest BCUT2D eigenvalue weighted by molar-refractivity contribution is 7.20. The molecular weight excluding hydrogens is 346 g/mol. The quantitative estimate of drug-likeness (QED) is 0.703. The van der Waals surface area contributed by atoms with Crippen molar-refractivity contribution in [2.75, 3.05) is 12.3 Å². The molecule has 0 aliphatic carbocycles. The summed E-state index contributed by atoms with van der Waals surface area (Å²) in [6, 6.07) is 9.17. The Morgan fingerprint density at radius 2 is 2.04 bits per heavy atom. The lowest BCUT2D eigenvalue weighted by molar-refractivity contribution is 0.0532. The summed E-state index contributed by atoms with van der Waals surface area (Å²) in [5, 5.41) is 1.44. The van der Waals surface area contributed by atoms with Crippen LogP contribution in [0.1, 0.15) is 27.9 Å². The van der Waals surface area contributed by atoms with E-state index in [2.05, 4.69) is 9.97 Å². The van der Waals surface area contributed by atoms with Crippen LogP contribution in [-0.4, -0.2) is 22.5 Å². The third kappa shape index (κ3) is 3.55. The lowest BCUT2D eigenvalue weighted by Gasteiger charge is -1.98. The fourth-order valence-corrected chi connectivity index (χ4v) is 3.21. The number of nitrogens with zero attached hydrogens (tertiary/aromatic N) is 2. The SMILES string of the molecule is CCOC(=O)c1cc2c(C=Cc3ccc(Cl)cc3)nc(N)nc2s1. The smallest absolute Gasteiger partial charge is 0.348 e. The lowest BCUT2D eigenvalue weighted by Crippen LogP contribution is -2.01. The zero-order valence-corrected chi connectivity index (χ0v) is 14.4. The summed E-state index contributed by atoms with van der Waals surface area (Å²) in [6.07, 6.45) is 3.74. The van der Waals surface area contributed by atoms with Gasteiger partial charge in [-0.1, -0.05) is 29.8 Å². The standard InChI is InChI=1S/C17H14ClN3O2S/c1-2-23-16(22)14-9-12-13(20-17(19)21-15(12)24-14)8-5-10-3-6-11(18)7-4-10/h3-9H,2H2,1H3,(H2,19,20,21). The molecule has 0 spiro atoms. The zero-order chi connectivity index (χ0) is 17.1. The molecule has 1 aromatic carbocycles. The Morgan fingerprint density at radius 1 is 1.29 bits per heavy atom. The van der Waals surface area contributed by atoms with Crippen LogP contribution in [-0.2, 0) is 4.74 Å². The van der Waals surface area contributed by atoms with Crippen molar-refractivity contribution in [3.05, 3.63) is 51.5 Å². The molecule has 3 rings (SSSR count). The Kier molecular flexibility index (Phi) is 4.78. The van der Waals surface area contributed by atoms with Crippen molar-refractivity contribution < 1.29 is 9.53 Å². The van der Waals surface area contributed by atoms with Crippen LogP contribution in [0.4, 0.5) is 5.95 Å². The number of carbonyl (C=O) groups excluding carboxylic acids is 1. The van der Waals surface area contributed by atoms with Gasteiger partial charge in [0.1, 0.15) is 9.71 Å². The molecule has 0 fully saturated rings. The molecule has 5 nitrogen and oxygen atoms in total. The number of rotatable bonds is 4. The van der Waals surface area contributed by atoms with Crippen molar-refractivity contribution in [1.82, 2.24) is 9.97 Å². The first kappa shape index (κ1) is 16.4. The van der Waals surface area contributed by atoms with Crippen molar-refractivity contribution in [2.24, 2.45) is 0 Å². The molecule has 0 saturated carbocycles. The molecule has 0 radical (unpaired) electrons. The Balaban J connectivity index is 2.00. The molecule has 0 aliphatic heterocycles. The van der Waals surface area contributed by atoms with Crippen molar-refractivity contribution >= 4 is 57.2 Å². The number of thiophene rings is 1. The molecule has 0 unspecified atom stereocenters. The molecule has 3 aromatic rings. The molecule has 0 saturated heterocycles. The van der Waals surface area contributed by atoms with Crippen LogP contribution in [0.3, 0.4) is 0 Å². The fourth-order valence-electron chi connectivity index (χ4n) is 2.14. The second-order valence-electron chi connectivity index (χ2n) is 4.90. The first-order chi connectivity index (χ1) is 11.6. The second-order valence-corrected chi connectivity index (χ2v) is 6.37. The molecular formula is C17H14ClN3O2S. The van der Waals surface area contributed by atoms with E-state index in [0.29, 0.717) is 27.0 Å². The van der Waals surface area contributed by atoms with E-state index < -0.39 is 0 Å². The van der Waals surface area contributed by atoms with E-state index in [9.17, 15) is 4.79 Å². The van der Waals surface area contributed by atoms with E-state index in [1.54, 1.807) is 13.0 Å². The first-order valence-corrected chi connectivity index (χ1v) is 8.44. The van der Waals surface area contributed by atoms with Gasteiger partial charge in [-0.25, -0.2) is 14.8 Å². The maximum absolute atomic E-state index is 11.9. The fraction of sp³-hybridized carbons (Fsp3) is 0.118. The van der Waals surface area contributed by atoms with E-state index in [4.69, 9.17) is 22.1 Å². The molecule has 0 bridgehead atoms. The van der Waals surface area contributed by atoms with Crippen molar-refractivity contribution in [3.63, 3.8) is 0 Å². The summed E-state index contributed by atoms with van der Waals surface area (Å²) in [5.74, 6) is -0.206. The normalized spacial score (nSPS) is 11.2. The third-order valence-electron chi connectivity index (χ3n) is 3.22. The van der Waals surface area contributed by atoms with Gasteiger partial charge >= 0.3 is 5.97 Å². The number of aromatic nitrogens is 2. The number of halogens is 1. The van der Waals surface area contributed by atoms with Crippen molar-refractivity contribution in [3.8, 4) is 0 Å². The van der Waals surface area contributed by atoms with E-state index >= 15 is 0 Å². The Hall–Kier alpha value is -2.44. The molecule has 2 N–H and O–H groups in total. The Morgan fingerprint density at radius 3 is 2.75 bits per heavy atom. The van der Waals surface area contributed by atoms with Gasteiger partial charge < -0.3 is 10.5 Å². The molecule has 122 valence electrons. The Bertz CT molecular complexity index is 919. The molecule has 2 heterocycles. The highest BCUT2D eigenvalue weighted by atomic mass is 35.5. The molecule has 2 aromatic heterocycles. The van der Waals surface area contributed by atoms with Crippen molar-refractivity contribution in [2.45, 2.75) is 6.92 Å². The maximum Gasteiger partial charge on any atom is 0.348 e. The minimum atomic E-state index is -0.369. The van der Waals surface area contributed by atoms with Gasteiger partial charge in [-0.05, 0) is 36.8 Å². The van der Waals surface area contributed by atoms with Crippen LogP contribution >= 0.6 is 22.9 Å². The van der Waals surface area contributed by atoms with E-state index in [1.165, 1.54) is 11.3 Å². The molecule has 0 aliphatic rings. The first-order valence-electron chi connectivity index (χ1n) is 7.24. The summed E-state index contributed by atoms with van der Waals surface area (Å²) in [4.78, 5) is 21.5. The minimum absolute atomic E-state index is 0.163. The Labute approximate surface area is 147 Å². The number of carbonyl (C=O) groups is 1. The van der Waals surface area contributed by atoms with Crippen molar-refractivity contribution in [1.29, 1.82) is 0 Å². The third-order valence-corrected chi connectivity index (χ3v) is 4.48. The monoisotopic (exact) mass is 359 g/mol. The summed E-state index contributed by atoms with van der Waals surface area (Å²) in [6.45, 7) is 2.09. The number of hydrogen-bond acceptors (Lipinski definition) is 6. The average molecular weight is 360 g/mol. The number of hydrogen-bond donors (Lipinski definition) is 1. The van der Waals surface area contributed by atoms with E-state index in [-0.39, 0.29) is 11.9 Å². The average Bonchev–Trinajstić information content (AvgIpc) is 2.98. The van der Waals surface area contributed by atoms with Crippen LogP contribution in [0.2, 0.25) is 5.02 Å². The van der Waals surface area contributed by atoms with Gasteiger partial charge in [-0.2, -0.15) is 0 Å². The predicted octanol–water partition coefficient (Wildman–Crippen LogP) is 4.27. The summed E-state index contributed by atoms with van der Waals surface area (Å²) < 4.78 is 5.03. The predicted molar refractivity (Wildman–Crippen MR) is 98.2 cm³/mol. The summed E-state index contributed by atoms with van der Waals surface area (Å²) in [7, 11) is 0. The highest BCUT2D eigenvalue weighted by Crippen LogP contribution is 2.28. The summed E-state index contributed by atoms with van der Waals surface area (Å²) in [5.41, 5.74) is 7.40. The van der Waals surface area contributed by atoms with Gasteiger partial charge in [-0.3, -0.25) is 0 Å². The van der Waals surface area contributed by atoms with Gasteiger partial charge in [0.25, 0.3) is 0 Å². The lowest BCUT2D eigenvalue weighted by atomic mass is 10.2. The van der Waals surface area contributed by atoms with Crippen LogP contribution in [0.15, 0.2) is 30.3 Å². The molecule has 0 amide bonds. The highest BCUT2D eigenvalue weighted by Gasteiger charge is 2.15. The van der Waals surface area contributed by atoms with E-state index in [0.717, 1.165) is 10.9 Å². The largest absolute Gasteiger partial charge is 0.462 e. The summed E-state index contributed by atoms with van der Waals surface area (Å²) >= 11 is 7.12. The van der Waals surface area contributed by atoms with E-state index in [1.807, 2.05) is 36.4 Å². The van der Waals surface area contributed by atoms with Gasteiger partial charge in [0.2, 0.25) is 5.95 Å². The van der Waals surface area contributed by atoms with Crippen LogP contribution in [0.5, 0.6) is 0 Å². The van der Waals surface area contributed by atoms with Gasteiger partial charge in [0.15, 0.2) is 0 Å². The number of fused-ring (bicyclic) bond motifs is 1. The minimum Gasteiger partial charge on any atom is -0.462 e. The topological polar surface area (TPSA) is 78.1 Å². The van der Waals surface area contributed by atoms with Crippen LogP contribution in [0.25, 0.3) is 22.4 Å². The maximum atomic E-state index is 11.9. The number of esters is 1. The second kappa shape index (κ2) is 6.98. The van der Waals surface area contributed by atoms with Gasteiger partial charge in [-0.15, -0.1) is 11.3 Å². The number of anilines is 1. The molecule has 24 heavy (non-hydrogen) atoms. The number of nitrogens with two attached hydrogens (primary N) is 1. The number of ether oxygens (including phenoxy) is 1. The molecule has 7 heteroatoms. The van der Waals surface area contributed by atoms with Crippen LogP contribution < -0.4 is 5.73 Å².